The number of ether oxygens (including phenoxy) is 1. The number of carbonyl (C=O) groups is 1. The zero-order valence-electron chi connectivity index (χ0n) is 18.1. The molecule has 2 heterocycles. The van der Waals surface area contributed by atoms with Crippen molar-refractivity contribution in [2.45, 2.75) is 19.8 Å². The molecule has 4 rings (SSSR count). The highest BCUT2D eigenvalue weighted by molar-refractivity contribution is 7.22. The summed E-state index contributed by atoms with van der Waals surface area (Å²) in [6, 6.07) is 15.1. The Hall–Kier alpha value is -2.50. The summed E-state index contributed by atoms with van der Waals surface area (Å²) in [5.74, 6) is -0.0800. The van der Waals surface area contributed by atoms with Crippen molar-refractivity contribution >= 4 is 45.0 Å². The Morgan fingerprint density at radius 2 is 1.97 bits per heavy atom. The molecule has 0 spiro atoms. The lowest BCUT2D eigenvalue weighted by Gasteiger charge is -2.27. The molecule has 0 aliphatic carbocycles. The van der Waals surface area contributed by atoms with Crippen LogP contribution in [0.3, 0.4) is 0 Å². The van der Waals surface area contributed by atoms with Crippen LogP contribution in [-0.4, -0.2) is 55.2 Å². The molecular formula is C24H27ClN4O2S. The molecule has 1 amide bonds. The van der Waals surface area contributed by atoms with Gasteiger partial charge in [0.15, 0.2) is 5.13 Å². The van der Waals surface area contributed by atoms with Gasteiger partial charge in [-0.15, -0.1) is 12.4 Å². The third-order valence-corrected chi connectivity index (χ3v) is 6.61. The summed E-state index contributed by atoms with van der Waals surface area (Å²) in [6.07, 6.45) is 1.76. The zero-order valence-corrected chi connectivity index (χ0v) is 19.8. The number of benzene rings is 2. The molecule has 0 bridgehead atoms. The number of aryl methyl sites for hydroxylation is 1. The second-order valence-electron chi connectivity index (χ2n) is 7.57. The predicted octanol–water partition coefficient (Wildman–Crippen LogP) is 4.52. The van der Waals surface area contributed by atoms with Crippen LogP contribution in [0.4, 0.5) is 5.13 Å². The molecule has 1 fully saturated rings. The van der Waals surface area contributed by atoms with Gasteiger partial charge in [-0.25, -0.2) is 4.98 Å². The number of aromatic nitrogens is 1. The monoisotopic (exact) mass is 470 g/mol. The van der Waals surface area contributed by atoms with Crippen molar-refractivity contribution in [2.24, 2.45) is 0 Å². The van der Waals surface area contributed by atoms with Crippen molar-refractivity contribution in [1.82, 2.24) is 9.88 Å². The number of rotatable bonds is 7. The lowest BCUT2D eigenvalue weighted by molar-refractivity contribution is 0.0376. The maximum Gasteiger partial charge on any atom is 0.260 e. The zero-order chi connectivity index (χ0) is 21.6. The molecular weight excluding hydrogens is 444 g/mol. The first-order valence-corrected chi connectivity index (χ1v) is 11.5. The van der Waals surface area contributed by atoms with Gasteiger partial charge in [-0.3, -0.25) is 14.6 Å². The number of hydrogen-bond acceptors (Lipinski definition) is 6. The summed E-state index contributed by atoms with van der Waals surface area (Å²) in [5, 5.41) is 9.79. The van der Waals surface area contributed by atoms with E-state index < -0.39 is 0 Å². The minimum absolute atomic E-state index is 0. The highest BCUT2D eigenvalue weighted by Gasteiger charge is 2.22. The third kappa shape index (κ3) is 5.45. The molecule has 32 heavy (non-hydrogen) atoms. The number of nitriles is 1. The Morgan fingerprint density at radius 3 is 2.66 bits per heavy atom. The van der Waals surface area contributed by atoms with Gasteiger partial charge in [0.25, 0.3) is 5.91 Å². The molecule has 0 atom stereocenters. The summed E-state index contributed by atoms with van der Waals surface area (Å²) < 4.78 is 6.53. The van der Waals surface area contributed by atoms with Crippen LogP contribution in [0.2, 0.25) is 0 Å². The second-order valence-corrected chi connectivity index (χ2v) is 8.58. The summed E-state index contributed by atoms with van der Waals surface area (Å²) in [4.78, 5) is 22.5. The Bertz CT molecular complexity index is 1090. The van der Waals surface area contributed by atoms with Crippen LogP contribution in [0.1, 0.15) is 34.8 Å². The van der Waals surface area contributed by atoms with Crippen molar-refractivity contribution in [1.29, 1.82) is 5.26 Å². The minimum atomic E-state index is -0.0800. The maximum absolute atomic E-state index is 13.4. The first kappa shape index (κ1) is 24.1. The number of halogens is 1. The second kappa shape index (κ2) is 11.4. The minimum Gasteiger partial charge on any atom is -0.379 e. The number of nitrogens with zero attached hydrogens (tertiary/aromatic N) is 4. The molecule has 1 aliphatic rings. The molecule has 1 saturated heterocycles. The molecule has 1 aromatic heterocycles. The average molecular weight is 471 g/mol. The summed E-state index contributed by atoms with van der Waals surface area (Å²) in [6.45, 7) is 7.05. The van der Waals surface area contributed by atoms with Crippen LogP contribution in [-0.2, 0) is 11.2 Å². The lowest BCUT2D eigenvalue weighted by Crippen LogP contribution is -2.39. The van der Waals surface area contributed by atoms with Crippen molar-refractivity contribution in [3.63, 3.8) is 0 Å². The SMILES string of the molecule is CCc1cccc2sc(N(CCCN3CCOCC3)C(=O)c3ccc(C#N)cc3)nc12.Cl. The van der Waals surface area contributed by atoms with E-state index >= 15 is 0 Å². The molecule has 0 radical (unpaired) electrons. The smallest absolute Gasteiger partial charge is 0.260 e. The number of carbonyl (C=O) groups excluding carboxylic acids is 1. The van der Waals surface area contributed by atoms with E-state index in [0.717, 1.165) is 61.0 Å². The van der Waals surface area contributed by atoms with Crippen molar-refractivity contribution in [2.75, 3.05) is 44.3 Å². The first-order valence-electron chi connectivity index (χ1n) is 10.7. The van der Waals surface area contributed by atoms with E-state index in [1.807, 2.05) is 6.07 Å². The molecule has 168 valence electrons. The van der Waals surface area contributed by atoms with E-state index in [1.54, 1.807) is 40.5 Å². The molecule has 6 nitrogen and oxygen atoms in total. The van der Waals surface area contributed by atoms with E-state index in [0.29, 0.717) is 17.7 Å². The lowest BCUT2D eigenvalue weighted by atomic mass is 10.1. The maximum atomic E-state index is 13.4. The van der Waals surface area contributed by atoms with Crippen LogP contribution in [0, 0.1) is 11.3 Å². The molecule has 2 aromatic carbocycles. The van der Waals surface area contributed by atoms with Gasteiger partial charge in [0.2, 0.25) is 0 Å². The summed E-state index contributed by atoms with van der Waals surface area (Å²) in [5.41, 5.74) is 3.29. The Balaban J connectivity index is 0.00000289. The van der Waals surface area contributed by atoms with Crippen LogP contribution in [0.5, 0.6) is 0 Å². The Morgan fingerprint density at radius 1 is 1.22 bits per heavy atom. The fourth-order valence-corrected chi connectivity index (χ4v) is 4.84. The van der Waals surface area contributed by atoms with Gasteiger partial charge >= 0.3 is 0 Å². The van der Waals surface area contributed by atoms with Gasteiger partial charge in [-0.2, -0.15) is 5.26 Å². The van der Waals surface area contributed by atoms with E-state index in [9.17, 15) is 4.79 Å². The van der Waals surface area contributed by atoms with Gasteiger partial charge in [-0.05, 0) is 48.7 Å². The molecule has 1 aliphatic heterocycles. The largest absolute Gasteiger partial charge is 0.379 e. The Kier molecular flexibility index (Phi) is 8.60. The van der Waals surface area contributed by atoms with Crippen LogP contribution < -0.4 is 4.90 Å². The molecule has 0 unspecified atom stereocenters. The van der Waals surface area contributed by atoms with Gasteiger partial charge in [0, 0.05) is 31.7 Å². The number of fused-ring (bicyclic) bond motifs is 1. The number of amides is 1. The van der Waals surface area contributed by atoms with Crippen molar-refractivity contribution < 1.29 is 9.53 Å². The van der Waals surface area contributed by atoms with Gasteiger partial charge < -0.3 is 4.74 Å². The summed E-state index contributed by atoms with van der Waals surface area (Å²) in [7, 11) is 0. The van der Waals surface area contributed by atoms with Crippen molar-refractivity contribution in [3.8, 4) is 6.07 Å². The quantitative estimate of drug-likeness (QED) is 0.507. The summed E-state index contributed by atoms with van der Waals surface area (Å²) >= 11 is 1.56. The molecule has 0 saturated carbocycles. The highest BCUT2D eigenvalue weighted by atomic mass is 35.5. The van der Waals surface area contributed by atoms with E-state index in [1.165, 1.54) is 5.56 Å². The number of para-hydroxylation sites is 1. The molecule has 8 heteroatoms. The topological polar surface area (TPSA) is 69.5 Å². The van der Waals surface area contributed by atoms with E-state index in [2.05, 4.69) is 30.0 Å². The van der Waals surface area contributed by atoms with Crippen LogP contribution in [0.25, 0.3) is 10.2 Å². The third-order valence-electron chi connectivity index (χ3n) is 5.57. The fourth-order valence-electron chi connectivity index (χ4n) is 3.80. The number of hydrogen-bond donors (Lipinski definition) is 0. The van der Waals surface area contributed by atoms with Gasteiger partial charge in [-0.1, -0.05) is 30.4 Å². The fraction of sp³-hybridized carbons (Fsp3) is 0.375. The number of morpholine rings is 1. The molecule has 3 aromatic rings. The van der Waals surface area contributed by atoms with Crippen molar-refractivity contribution in [3.05, 3.63) is 59.2 Å². The van der Waals surface area contributed by atoms with Gasteiger partial charge in [0.05, 0.1) is 35.1 Å². The van der Waals surface area contributed by atoms with Crippen LogP contribution >= 0.6 is 23.7 Å². The van der Waals surface area contributed by atoms with Crippen LogP contribution in [0.15, 0.2) is 42.5 Å². The highest BCUT2D eigenvalue weighted by Crippen LogP contribution is 2.32. The Labute approximate surface area is 198 Å². The number of anilines is 1. The van der Waals surface area contributed by atoms with E-state index in [-0.39, 0.29) is 18.3 Å². The normalized spacial score (nSPS) is 14.0. The number of thiazole rings is 1. The standard InChI is InChI=1S/C24H26N4O2S.ClH/c1-2-19-5-3-6-21-22(19)26-24(31-21)28(12-4-11-27-13-15-30-16-14-27)23(29)20-9-7-18(17-25)8-10-20;/h3,5-10H,2,4,11-16H2,1H3;1H. The average Bonchev–Trinajstić information content (AvgIpc) is 3.26. The first-order chi connectivity index (χ1) is 15.2. The predicted molar refractivity (Wildman–Crippen MR) is 131 cm³/mol. The van der Waals surface area contributed by atoms with Gasteiger partial charge in [0.1, 0.15) is 0 Å². The van der Waals surface area contributed by atoms with E-state index in [4.69, 9.17) is 15.0 Å². The molecule has 0 N–H and O–H groups in total.